The number of phenols is 2. The molecule has 509 valence electrons. The highest BCUT2D eigenvalue weighted by molar-refractivity contribution is 7.16. The van der Waals surface area contributed by atoms with E-state index < -0.39 is 102 Å². The maximum Gasteiger partial charge on any atom is 0.330 e. The lowest BCUT2D eigenvalue weighted by molar-refractivity contribution is -0.256. The number of rotatable bonds is 21. The molecular weight excluding hydrogens is 1280 g/mol. The van der Waals surface area contributed by atoms with Crippen LogP contribution in [0, 0.1) is 44.9 Å². The predicted octanol–water partition coefficient (Wildman–Crippen LogP) is 6.81. The van der Waals surface area contributed by atoms with E-state index in [0.29, 0.717) is 31.0 Å². The summed E-state index contributed by atoms with van der Waals surface area (Å²) in [7, 11) is 2.47. The van der Waals surface area contributed by atoms with E-state index in [1.807, 2.05) is 0 Å². The van der Waals surface area contributed by atoms with Gasteiger partial charge in [-0.3, -0.25) is 24.0 Å². The van der Waals surface area contributed by atoms with Gasteiger partial charge in [0.1, 0.15) is 66.0 Å². The van der Waals surface area contributed by atoms with Crippen LogP contribution in [0.25, 0.3) is 11.1 Å². The number of phenolic OH excluding ortho intramolecular Hbond substituents is 2. The number of carbonyl (C=O) groups is 6. The van der Waals surface area contributed by atoms with Crippen LogP contribution in [0.4, 0.5) is 0 Å². The smallest absolute Gasteiger partial charge is 0.330 e. The Bertz CT molecular complexity index is 3590. The Hall–Kier alpha value is -7.68. The number of aromatic hydroxyl groups is 2. The molecule has 2 fully saturated rings. The number of carbonyl (C=O) groups excluding carboxylic acids is 5. The molecule has 5 aromatic rings. The normalized spacial score (nSPS) is 24.0. The molecule has 11 bridgehead atoms. The first kappa shape index (κ1) is 71.1. The molecule has 12 rings (SSSR count). The number of halogens is 1. The summed E-state index contributed by atoms with van der Waals surface area (Å²) in [5, 5.41) is 79.8. The lowest BCUT2D eigenvalue weighted by Gasteiger charge is -2.40. The van der Waals surface area contributed by atoms with Crippen LogP contribution in [0.15, 0.2) is 84.9 Å². The maximum atomic E-state index is 15.6. The molecule has 2 saturated heterocycles. The van der Waals surface area contributed by atoms with Gasteiger partial charge in [0.25, 0.3) is 0 Å². The van der Waals surface area contributed by atoms with E-state index in [9.17, 15) is 44.7 Å². The van der Waals surface area contributed by atoms with Crippen LogP contribution >= 0.6 is 20.8 Å². The van der Waals surface area contributed by atoms with Crippen molar-refractivity contribution in [3.05, 3.63) is 168 Å². The third kappa shape index (κ3) is 17.9. The number of ether oxygens (including phenoxy) is 6. The number of benzene rings is 5. The van der Waals surface area contributed by atoms with Crippen molar-refractivity contribution in [1.29, 1.82) is 0 Å². The molecule has 13 N–H and O–H groups in total. The van der Waals surface area contributed by atoms with Crippen LogP contribution in [-0.2, 0) is 49.5 Å². The van der Waals surface area contributed by atoms with Crippen molar-refractivity contribution in [2.45, 2.75) is 139 Å². The molecular formula is C69H79ClN8O17P. The minimum Gasteiger partial charge on any atom is -0.508 e. The van der Waals surface area contributed by atoms with Crippen molar-refractivity contribution < 1.29 is 82.7 Å². The zero-order valence-electron chi connectivity index (χ0n) is 52.8. The van der Waals surface area contributed by atoms with Crippen molar-refractivity contribution in [3.63, 3.8) is 0 Å². The van der Waals surface area contributed by atoms with Crippen molar-refractivity contribution in [3.8, 4) is 51.4 Å². The summed E-state index contributed by atoms with van der Waals surface area (Å²) in [6.07, 6.45) is 9.18. The van der Waals surface area contributed by atoms with Gasteiger partial charge in [0, 0.05) is 56.3 Å². The number of carboxylic acids is 1. The molecule has 7 aliphatic heterocycles. The van der Waals surface area contributed by atoms with Crippen LogP contribution in [0.1, 0.15) is 129 Å². The van der Waals surface area contributed by atoms with Gasteiger partial charge >= 0.3 is 5.97 Å². The van der Waals surface area contributed by atoms with Crippen molar-refractivity contribution >= 4 is 56.3 Å². The molecule has 7 heterocycles. The monoisotopic (exact) mass is 1360 g/mol. The topological polar surface area (TPSA) is 355 Å². The quantitative estimate of drug-likeness (QED) is 0.0265. The molecule has 5 amide bonds. The average molecular weight is 1360 g/mol. The van der Waals surface area contributed by atoms with Crippen LogP contribution in [-0.4, -0.2) is 124 Å². The number of fused-ring (bicyclic) bond motifs is 15. The number of unbranched alkanes of at least 4 members (excludes halogenated alkanes) is 7. The molecule has 7 aliphatic rings. The molecule has 11 atom stereocenters. The van der Waals surface area contributed by atoms with Gasteiger partial charge in [-0.2, -0.15) is 0 Å². The number of hydrogen-bond acceptors (Lipinski definition) is 19. The summed E-state index contributed by atoms with van der Waals surface area (Å²) < 4.78 is 39.2. The average Bonchev–Trinajstić information content (AvgIpc) is 0.776. The molecule has 5 aromatic carbocycles. The molecule has 25 nitrogen and oxygen atoms in total. The molecule has 0 spiro atoms. The number of aliphatic hydroxyl groups excluding tert-OH is 2. The Balaban J connectivity index is 1.04. The van der Waals surface area contributed by atoms with Crippen molar-refractivity contribution in [1.82, 2.24) is 42.5 Å². The van der Waals surface area contributed by atoms with Gasteiger partial charge in [-0.25, -0.2) is 4.79 Å². The second-order valence-electron chi connectivity index (χ2n) is 23.7. The highest BCUT2D eigenvalue weighted by Gasteiger charge is 2.43. The van der Waals surface area contributed by atoms with Gasteiger partial charge in [0.2, 0.25) is 41.6 Å². The maximum absolute atomic E-state index is 15.6. The Kier molecular flexibility index (Phi) is 24.8. The van der Waals surface area contributed by atoms with E-state index >= 15 is 9.59 Å². The van der Waals surface area contributed by atoms with Gasteiger partial charge in [-0.15, -0.1) is 9.24 Å². The standard InChI is InChI=1S/C69H79ClN8O17P/c1-3-4-5-6-7-8-9-10-23-71-24-25-73-48-33-57(91-37(2)62(48)83)94-52-12-11-26-90-69(52)95-64-53-30-41-31-54(64)93-51-21-17-40(29-47(51)70)63(84)61-67(87)77-60(68(88)89)46-32-50(80)42(34-72-36-96)28-44(46)45-27-39(16-20-49(45)79)58(65(85)78-61)76-66(86)59(41)75-56(82)35-74-55(81)22-15-38-13-18-43(92-53)19-14-38/h11-22,26-32,35,37,52,57-63,69,71-73,79-80,83-84H,3-10,23-25,33-34,36,96H2,1-2H3,(H,74,81)(H,75,82)(H,76,86)(H,77,87)(H,78,85)(H,88,89)/t37-,52+,57-,58-,59+,60-,61-,62+,63+,69-/m0/s1. The number of hydrogen-bond donors (Lipinski definition) is 13. The van der Waals surface area contributed by atoms with Gasteiger partial charge < -0.3 is 96.5 Å². The SMILES string of the molecule is CCCCCCCCCCNCCN[C]1C[C@H](O[C@@H]2[CH][CH][CH]O[C@H]2Oc2c3cc4cc2Oc2ccc(cc2Cl)[C@@H](O)[C@@H]2NC(=O)[C@@H](NC(=O)[C@@H]4NC(=O)[CH]NC(=O)[CH][CH]c4ccc(cc4)O3)c3ccc(O)c(c3)-c3cc(CNCP)c(O)cc3[C@@H](C(=O)O)NC2=O)O[C@@H](C)[C@H]1O. The first-order valence-electron chi connectivity index (χ1n) is 31.9. The fraction of sp³-hybridized carbons (Fsp3) is 0.377. The number of nitrogens with one attached hydrogen (secondary N) is 8. The van der Waals surface area contributed by atoms with E-state index in [2.05, 4.69) is 58.7 Å². The van der Waals surface area contributed by atoms with E-state index in [1.54, 1.807) is 44.0 Å². The minimum atomic E-state index is -2.08. The largest absolute Gasteiger partial charge is 0.508 e. The summed E-state index contributed by atoms with van der Waals surface area (Å²) >= 11 is 7.09. The first-order valence-corrected chi connectivity index (χ1v) is 33.1. The van der Waals surface area contributed by atoms with E-state index in [-0.39, 0.29) is 91.4 Å². The number of amides is 5. The highest BCUT2D eigenvalue weighted by atomic mass is 35.5. The molecule has 0 saturated carbocycles. The fourth-order valence-electron chi connectivity index (χ4n) is 11.7. The van der Waals surface area contributed by atoms with Gasteiger partial charge in [-0.05, 0) is 120 Å². The summed E-state index contributed by atoms with van der Waals surface area (Å²) in [6.45, 7) is 8.21. The Labute approximate surface area is 564 Å². The summed E-state index contributed by atoms with van der Waals surface area (Å²) in [5.74, 6) is -8.34. The second kappa shape index (κ2) is 33.5. The van der Waals surface area contributed by atoms with Gasteiger partial charge in [0.05, 0.1) is 30.2 Å². The lowest BCUT2D eigenvalue weighted by Crippen LogP contribution is -2.55. The van der Waals surface area contributed by atoms with E-state index in [1.165, 1.54) is 113 Å². The zero-order valence-corrected chi connectivity index (χ0v) is 54.7. The van der Waals surface area contributed by atoms with Gasteiger partial charge in [0.15, 0.2) is 23.8 Å². The molecule has 96 heavy (non-hydrogen) atoms. The zero-order chi connectivity index (χ0) is 68.0. The highest BCUT2D eigenvalue weighted by Crippen LogP contribution is 2.48. The summed E-state index contributed by atoms with van der Waals surface area (Å²) in [4.78, 5) is 86.3. The lowest BCUT2D eigenvalue weighted by atomic mass is 9.89. The number of carboxylic acid groups (broad SMARTS) is 1. The first-order chi connectivity index (χ1) is 46.3. The Morgan fingerprint density at radius 3 is 2.19 bits per heavy atom. The predicted molar refractivity (Wildman–Crippen MR) is 353 cm³/mol. The molecule has 0 aromatic heterocycles. The molecule has 7 radical (unpaired) electrons. The van der Waals surface area contributed by atoms with E-state index in [4.69, 9.17) is 40.0 Å². The fourth-order valence-corrected chi connectivity index (χ4v) is 12.1. The second-order valence-corrected chi connectivity index (χ2v) is 24.5. The third-order valence-electron chi connectivity index (χ3n) is 16.8. The minimum absolute atomic E-state index is 0.0207. The molecule has 0 aliphatic carbocycles. The van der Waals surface area contributed by atoms with E-state index in [0.717, 1.165) is 32.0 Å². The van der Waals surface area contributed by atoms with Gasteiger partial charge in [-0.1, -0.05) is 87.7 Å². The van der Waals surface area contributed by atoms with Crippen molar-refractivity contribution in [2.24, 2.45) is 0 Å². The van der Waals surface area contributed by atoms with Crippen molar-refractivity contribution in [2.75, 3.05) is 25.9 Å². The number of aliphatic hydroxyl groups is 2. The third-order valence-corrected chi connectivity index (χ3v) is 17.4. The summed E-state index contributed by atoms with van der Waals surface area (Å²) in [5.41, 5.74) is 0.153. The van der Waals surface area contributed by atoms with Crippen LogP contribution < -0.4 is 56.7 Å². The number of aliphatic carboxylic acids is 1. The van der Waals surface area contributed by atoms with Crippen LogP contribution in [0.3, 0.4) is 0 Å². The summed E-state index contributed by atoms with van der Waals surface area (Å²) in [6, 6.07) is 12.1. The van der Waals surface area contributed by atoms with Crippen LogP contribution in [0.2, 0.25) is 5.02 Å². The molecule has 1 unspecified atom stereocenters. The Morgan fingerprint density at radius 1 is 0.708 bits per heavy atom. The Morgan fingerprint density at radius 2 is 1.44 bits per heavy atom. The molecule has 27 heteroatoms. The van der Waals surface area contributed by atoms with Crippen LogP contribution in [0.5, 0.6) is 40.2 Å².